The average Bonchev–Trinajstić information content (AvgIpc) is 2.99. The molecule has 25 heavy (non-hydrogen) atoms. The molecule has 1 aliphatic carbocycles. The predicted octanol–water partition coefficient (Wildman–Crippen LogP) is 2.57. The van der Waals surface area contributed by atoms with Gasteiger partial charge in [-0.15, -0.1) is 12.4 Å². The van der Waals surface area contributed by atoms with Crippen molar-refractivity contribution in [3.05, 3.63) is 29.3 Å². The lowest BCUT2D eigenvalue weighted by Crippen LogP contribution is -2.47. The van der Waals surface area contributed by atoms with E-state index in [1.165, 1.54) is 18.2 Å². The van der Waals surface area contributed by atoms with Crippen LogP contribution in [-0.2, 0) is 20.7 Å². The normalized spacial score (nSPS) is 22.7. The first-order valence-corrected chi connectivity index (χ1v) is 8.27. The van der Waals surface area contributed by atoms with E-state index in [1.807, 2.05) is 6.07 Å². The van der Waals surface area contributed by atoms with E-state index in [9.17, 15) is 9.59 Å². The fourth-order valence-electron chi connectivity index (χ4n) is 3.58. The summed E-state index contributed by atoms with van der Waals surface area (Å²) in [6.07, 6.45) is 1.04. The maximum atomic E-state index is 11.9. The molecule has 0 saturated carbocycles. The molecular formula is C18H24ClNO5. The van der Waals surface area contributed by atoms with Gasteiger partial charge in [-0.2, -0.15) is 0 Å². The number of ketones is 1. The van der Waals surface area contributed by atoms with Crippen LogP contribution < -0.4 is 4.74 Å². The third-order valence-electron chi connectivity index (χ3n) is 4.90. The molecule has 1 aromatic carbocycles. The molecule has 1 fully saturated rings. The maximum absolute atomic E-state index is 11.9. The molecule has 1 saturated heterocycles. The lowest BCUT2D eigenvalue weighted by molar-refractivity contribution is -0.133. The van der Waals surface area contributed by atoms with Gasteiger partial charge in [0.15, 0.2) is 11.9 Å². The minimum absolute atomic E-state index is 0. The van der Waals surface area contributed by atoms with Crippen LogP contribution in [0.5, 0.6) is 5.75 Å². The number of piperidine rings is 1. The molecule has 0 bridgehead atoms. The Balaban J connectivity index is 0.00000225. The number of aryl methyl sites for hydroxylation is 1. The summed E-state index contributed by atoms with van der Waals surface area (Å²) in [5.74, 6) is 1.26. The van der Waals surface area contributed by atoms with Crippen molar-refractivity contribution in [1.29, 1.82) is 0 Å². The summed E-state index contributed by atoms with van der Waals surface area (Å²) in [6, 6.07) is 6.25. The summed E-state index contributed by atoms with van der Waals surface area (Å²) >= 11 is 0. The number of rotatable bonds is 4. The van der Waals surface area contributed by atoms with Crippen LogP contribution in [0.25, 0.3) is 0 Å². The van der Waals surface area contributed by atoms with Crippen LogP contribution in [-0.4, -0.2) is 56.8 Å². The highest BCUT2D eigenvalue weighted by Crippen LogP contribution is 2.36. The number of methoxy groups -OCH3 is 2. The van der Waals surface area contributed by atoms with Gasteiger partial charge < -0.3 is 14.2 Å². The predicted molar refractivity (Wildman–Crippen MR) is 94.6 cm³/mol. The number of nitrogens with zero attached hydrogens (tertiary/aromatic N) is 1. The van der Waals surface area contributed by atoms with E-state index in [0.29, 0.717) is 25.4 Å². The maximum Gasteiger partial charge on any atom is 0.508 e. The molecule has 1 aliphatic heterocycles. The van der Waals surface area contributed by atoms with Gasteiger partial charge in [0.05, 0.1) is 14.2 Å². The van der Waals surface area contributed by atoms with Crippen molar-refractivity contribution in [1.82, 2.24) is 4.90 Å². The lowest BCUT2D eigenvalue weighted by Gasteiger charge is -2.32. The number of carbonyl (C=O) groups is 2. The molecule has 0 aromatic heterocycles. The van der Waals surface area contributed by atoms with Gasteiger partial charge in [0.2, 0.25) is 0 Å². The largest absolute Gasteiger partial charge is 0.508 e. The summed E-state index contributed by atoms with van der Waals surface area (Å²) in [4.78, 5) is 25.4. The number of halogens is 1. The Morgan fingerprint density at radius 2 is 2.08 bits per heavy atom. The molecule has 0 spiro atoms. The smallest absolute Gasteiger partial charge is 0.497 e. The first-order chi connectivity index (χ1) is 11.6. The van der Waals surface area contributed by atoms with E-state index in [2.05, 4.69) is 21.8 Å². The fourth-order valence-corrected chi connectivity index (χ4v) is 3.58. The second kappa shape index (κ2) is 8.54. The van der Waals surface area contributed by atoms with Crippen molar-refractivity contribution in [2.45, 2.75) is 31.3 Å². The van der Waals surface area contributed by atoms with E-state index in [1.54, 1.807) is 7.11 Å². The Hall–Kier alpha value is -1.79. The van der Waals surface area contributed by atoms with Crippen LogP contribution in [0.3, 0.4) is 0 Å². The molecule has 1 heterocycles. The molecule has 2 atom stereocenters. The standard InChI is InChI=1S/C18H23NO5.ClH/c1-22-14-6-5-12-3-4-13(15(12)9-14)10-19-8-7-16(20)17(11-19)24-18(21)23-2;/h5-6,9,13,17H,3-4,7-8,10-11H2,1-2H3;1H. The van der Waals surface area contributed by atoms with Gasteiger partial charge in [0.25, 0.3) is 0 Å². The SMILES string of the molecule is COC(=O)OC1CN(CC2CCc3ccc(OC)cc32)CCC1=O.Cl. The second-order valence-electron chi connectivity index (χ2n) is 6.34. The number of benzene rings is 1. The first kappa shape index (κ1) is 19.5. The van der Waals surface area contributed by atoms with Crippen molar-refractivity contribution in [3.63, 3.8) is 0 Å². The van der Waals surface area contributed by atoms with Crippen LogP contribution in [0, 0.1) is 0 Å². The van der Waals surface area contributed by atoms with Gasteiger partial charge in [-0.25, -0.2) is 4.79 Å². The van der Waals surface area contributed by atoms with Crippen molar-refractivity contribution < 1.29 is 23.8 Å². The Bertz CT molecular complexity index is 636. The first-order valence-electron chi connectivity index (χ1n) is 8.27. The zero-order valence-corrected chi connectivity index (χ0v) is 15.3. The van der Waals surface area contributed by atoms with Gasteiger partial charge in [-0.05, 0) is 42.0 Å². The van der Waals surface area contributed by atoms with Gasteiger partial charge in [0, 0.05) is 26.1 Å². The number of likely N-dealkylation sites (tertiary alicyclic amines) is 1. The topological polar surface area (TPSA) is 65.1 Å². The average molecular weight is 370 g/mol. The highest BCUT2D eigenvalue weighted by Gasteiger charge is 2.33. The van der Waals surface area contributed by atoms with E-state index in [-0.39, 0.29) is 18.2 Å². The molecular weight excluding hydrogens is 346 g/mol. The monoisotopic (exact) mass is 369 g/mol. The molecule has 3 rings (SSSR count). The van der Waals surface area contributed by atoms with Crippen LogP contribution in [0.1, 0.15) is 29.9 Å². The Kier molecular flexibility index (Phi) is 6.67. The molecule has 0 radical (unpaired) electrons. The zero-order valence-electron chi connectivity index (χ0n) is 14.5. The lowest BCUT2D eigenvalue weighted by atomic mass is 9.98. The van der Waals surface area contributed by atoms with Crippen LogP contribution >= 0.6 is 12.4 Å². The van der Waals surface area contributed by atoms with E-state index < -0.39 is 12.3 Å². The van der Waals surface area contributed by atoms with Gasteiger partial charge in [-0.1, -0.05) is 6.07 Å². The van der Waals surface area contributed by atoms with E-state index in [4.69, 9.17) is 9.47 Å². The highest BCUT2D eigenvalue weighted by molar-refractivity contribution is 5.86. The number of carbonyl (C=O) groups excluding carboxylic acids is 2. The van der Waals surface area contributed by atoms with Crippen molar-refractivity contribution in [2.24, 2.45) is 0 Å². The van der Waals surface area contributed by atoms with Crippen LogP contribution in [0.15, 0.2) is 18.2 Å². The minimum Gasteiger partial charge on any atom is -0.497 e. The summed E-state index contributed by atoms with van der Waals surface area (Å²) in [5.41, 5.74) is 2.70. The van der Waals surface area contributed by atoms with Crippen molar-refractivity contribution in [3.8, 4) is 5.75 Å². The minimum atomic E-state index is -0.800. The third kappa shape index (κ3) is 4.44. The molecule has 7 heteroatoms. The van der Waals surface area contributed by atoms with Gasteiger partial charge in [-0.3, -0.25) is 9.69 Å². The summed E-state index contributed by atoms with van der Waals surface area (Å²) in [6.45, 7) is 1.99. The number of Topliss-reactive ketones (excluding diaryl/α,β-unsaturated/α-hetero) is 1. The molecule has 1 aromatic rings. The van der Waals surface area contributed by atoms with Gasteiger partial charge in [0.1, 0.15) is 5.75 Å². The number of hydrogen-bond acceptors (Lipinski definition) is 6. The Morgan fingerprint density at radius 1 is 1.28 bits per heavy atom. The van der Waals surface area contributed by atoms with Crippen molar-refractivity contribution in [2.75, 3.05) is 33.9 Å². The highest BCUT2D eigenvalue weighted by atomic mass is 35.5. The quantitative estimate of drug-likeness (QED) is 0.760. The second-order valence-corrected chi connectivity index (χ2v) is 6.34. The van der Waals surface area contributed by atoms with E-state index in [0.717, 1.165) is 25.1 Å². The third-order valence-corrected chi connectivity index (χ3v) is 4.90. The molecule has 138 valence electrons. The summed E-state index contributed by atoms with van der Waals surface area (Å²) in [5, 5.41) is 0. The van der Waals surface area contributed by atoms with Gasteiger partial charge >= 0.3 is 6.16 Å². The Labute approximate surface area is 153 Å². The fraction of sp³-hybridized carbons (Fsp3) is 0.556. The summed E-state index contributed by atoms with van der Waals surface area (Å²) < 4.78 is 14.9. The summed E-state index contributed by atoms with van der Waals surface area (Å²) in [7, 11) is 2.92. The van der Waals surface area contributed by atoms with E-state index >= 15 is 0 Å². The molecule has 0 N–H and O–H groups in total. The molecule has 2 aliphatic rings. The molecule has 2 unspecified atom stereocenters. The Morgan fingerprint density at radius 3 is 2.80 bits per heavy atom. The van der Waals surface area contributed by atoms with Crippen LogP contribution in [0.2, 0.25) is 0 Å². The van der Waals surface area contributed by atoms with Crippen LogP contribution in [0.4, 0.5) is 4.79 Å². The number of hydrogen-bond donors (Lipinski definition) is 0. The number of ether oxygens (including phenoxy) is 3. The van der Waals surface area contributed by atoms with Crippen molar-refractivity contribution >= 4 is 24.3 Å². The number of fused-ring (bicyclic) bond motifs is 1. The zero-order chi connectivity index (χ0) is 17.1. The molecule has 6 nitrogen and oxygen atoms in total. The molecule has 0 amide bonds.